The van der Waals surface area contributed by atoms with Gasteiger partial charge in [0.25, 0.3) is 5.91 Å². The highest BCUT2D eigenvalue weighted by atomic mass is 16.5. The van der Waals surface area contributed by atoms with Crippen molar-refractivity contribution in [1.29, 1.82) is 0 Å². The summed E-state index contributed by atoms with van der Waals surface area (Å²) in [6, 6.07) is 7.42. The van der Waals surface area contributed by atoms with Crippen LogP contribution in [0.1, 0.15) is 5.56 Å². The maximum absolute atomic E-state index is 11.6. The van der Waals surface area contributed by atoms with E-state index in [1.165, 1.54) is 12.4 Å². The van der Waals surface area contributed by atoms with Gasteiger partial charge in [0.2, 0.25) is 5.95 Å². The van der Waals surface area contributed by atoms with E-state index < -0.39 is 0 Å². The van der Waals surface area contributed by atoms with Gasteiger partial charge >= 0.3 is 0 Å². The van der Waals surface area contributed by atoms with E-state index in [4.69, 9.17) is 4.74 Å². The monoisotopic (exact) mass is 244 g/mol. The van der Waals surface area contributed by atoms with Crippen LogP contribution in [0, 0.1) is 0 Å². The molecule has 0 aliphatic heterocycles. The molecular formula is C12H12N4O2. The van der Waals surface area contributed by atoms with Gasteiger partial charge in [-0.25, -0.2) is 5.10 Å². The lowest BCUT2D eigenvalue weighted by atomic mass is 10.2. The maximum atomic E-state index is 11.6. The molecule has 1 aromatic carbocycles. The number of nitrogens with one attached hydrogen (secondary N) is 2. The Kier molecular flexibility index (Phi) is 3.70. The molecule has 2 aromatic rings. The first kappa shape index (κ1) is 11.8. The van der Waals surface area contributed by atoms with Gasteiger partial charge in [0.1, 0.15) is 12.1 Å². The fourth-order valence-electron chi connectivity index (χ4n) is 1.39. The summed E-state index contributed by atoms with van der Waals surface area (Å²) < 4.78 is 5.17. The van der Waals surface area contributed by atoms with Gasteiger partial charge in [-0.1, -0.05) is 18.2 Å². The highest BCUT2D eigenvalue weighted by Crippen LogP contribution is 2.18. The van der Waals surface area contributed by atoms with Gasteiger partial charge in [-0.2, -0.15) is 10.1 Å². The summed E-state index contributed by atoms with van der Waals surface area (Å²) >= 11 is 0. The number of anilines is 1. The Morgan fingerprint density at radius 3 is 3.00 bits per heavy atom. The summed E-state index contributed by atoms with van der Waals surface area (Å²) in [6.45, 7) is 0. The van der Waals surface area contributed by atoms with Gasteiger partial charge in [0.05, 0.1) is 7.11 Å². The number of para-hydroxylation sites is 1. The van der Waals surface area contributed by atoms with E-state index in [9.17, 15) is 4.79 Å². The number of aromatic nitrogens is 3. The fourth-order valence-corrected chi connectivity index (χ4v) is 1.39. The molecule has 1 heterocycles. The highest BCUT2D eigenvalue weighted by molar-refractivity contribution is 6.01. The van der Waals surface area contributed by atoms with E-state index in [0.717, 1.165) is 5.56 Å². The summed E-state index contributed by atoms with van der Waals surface area (Å²) in [7, 11) is 1.58. The molecule has 2 rings (SSSR count). The molecule has 0 saturated carbocycles. The van der Waals surface area contributed by atoms with Crippen molar-refractivity contribution in [3.8, 4) is 5.75 Å². The van der Waals surface area contributed by atoms with Gasteiger partial charge in [-0.3, -0.25) is 10.1 Å². The molecule has 0 fully saturated rings. The van der Waals surface area contributed by atoms with Crippen LogP contribution in [0.25, 0.3) is 6.08 Å². The third-order valence-corrected chi connectivity index (χ3v) is 2.21. The number of carbonyl (C=O) groups is 1. The van der Waals surface area contributed by atoms with Crippen molar-refractivity contribution in [3.63, 3.8) is 0 Å². The van der Waals surface area contributed by atoms with Crippen LogP contribution in [0.5, 0.6) is 5.75 Å². The molecule has 18 heavy (non-hydrogen) atoms. The second kappa shape index (κ2) is 5.62. The highest BCUT2D eigenvalue weighted by Gasteiger charge is 2.01. The molecule has 2 N–H and O–H groups in total. The molecule has 0 spiro atoms. The van der Waals surface area contributed by atoms with Crippen molar-refractivity contribution in [2.45, 2.75) is 0 Å². The predicted molar refractivity (Wildman–Crippen MR) is 67.0 cm³/mol. The summed E-state index contributed by atoms with van der Waals surface area (Å²) in [5.74, 6) is 0.726. The van der Waals surface area contributed by atoms with Crippen molar-refractivity contribution in [2.75, 3.05) is 12.4 Å². The number of benzene rings is 1. The van der Waals surface area contributed by atoms with Gasteiger partial charge < -0.3 is 4.74 Å². The van der Waals surface area contributed by atoms with Gasteiger partial charge in [-0.05, 0) is 12.1 Å². The van der Waals surface area contributed by atoms with Crippen molar-refractivity contribution < 1.29 is 9.53 Å². The van der Waals surface area contributed by atoms with Crippen LogP contribution in [0.3, 0.4) is 0 Å². The molecule has 1 amide bonds. The molecule has 1 aromatic heterocycles. The van der Waals surface area contributed by atoms with Crippen LogP contribution in [0.4, 0.5) is 5.95 Å². The Balaban J connectivity index is 2.04. The number of methoxy groups -OCH3 is 1. The summed E-state index contributed by atoms with van der Waals surface area (Å²) in [5.41, 5.74) is 0.827. The van der Waals surface area contributed by atoms with Crippen LogP contribution in [-0.2, 0) is 4.79 Å². The normalized spacial score (nSPS) is 10.5. The van der Waals surface area contributed by atoms with Gasteiger partial charge in [0.15, 0.2) is 0 Å². The van der Waals surface area contributed by atoms with E-state index >= 15 is 0 Å². The number of amides is 1. The first-order chi connectivity index (χ1) is 8.79. The zero-order chi connectivity index (χ0) is 12.8. The van der Waals surface area contributed by atoms with Crippen molar-refractivity contribution in [1.82, 2.24) is 15.2 Å². The van der Waals surface area contributed by atoms with E-state index in [1.54, 1.807) is 13.2 Å². The lowest BCUT2D eigenvalue weighted by Crippen LogP contribution is -2.09. The Labute approximate surface area is 104 Å². The number of hydrogen-bond acceptors (Lipinski definition) is 4. The smallest absolute Gasteiger partial charge is 0.250 e. The maximum Gasteiger partial charge on any atom is 0.250 e. The standard InChI is InChI=1S/C12H12N4O2/c1-18-10-5-3-2-4-9(10)6-7-11(17)15-12-13-8-14-16-12/h2-8H,1H3,(H2,13,14,15,16,17). The SMILES string of the molecule is COc1ccccc1C=CC(=O)Nc1ncn[nH]1. The summed E-state index contributed by atoms with van der Waals surface area (Å²) in [4.78, 5) is 15.3. The minimum atomic E-state index is -0.294. The van der Waals surface area contributed by atoms with E-state index in [2.05, 4.69) is 20.5 Å². The molecule has 0 radical (unpaired) electrons. The summed E-state index contributed by atoms with van der Waals surface area (Å²) in [6.07, 6.45) is 4.39. The molecule has 0 aliphatic carbocycles. The van der Waals surface area contributed by atoms with E-state index in [-0.39, 0.29) is 5.91 Å². The molecule has 0 saturated heterocycles. The minimum absolute atomic E-state index is 0.294. The first-order valence-electron chi connectivity index (χ1n) is 5.27. The molecule has 0 unspecified atom stereocenters. The molecule has 0 bridgehead atoms. The second-order valence-corrected chi connectivity index (χ2v) is 3.40. The number of nitrogens with zero attached hydrogens (tertiary/aromatic N) is 2. The second-order valence-electron chi connectivity index (χ2n) is 3.40. The molecule has 6 heteroatoms. The molecular weight excluding hydrogens is 232 g/mol. The lowest BCUT2D eigenvalue weighted by molar-refractivity contribution is -0.111. The Morgan fingerprint density at radius 1 is 1.44 bits per heavy atom. The molecule has 0 atom stereocenters. The van der Waals surface area contributed by atoms with Gasteiger partial charge in [-0.15, -0.1) is 0 Å². The van der Waals surface area contributed by atoms with E-state index in [1.807, 2.05) is 24.3 Å². The number of H-pyrrole nitrogens is 1. The number of carbonyl (C=O) groups excluding carboxylic acids is 1. The molecule has 6 nitrogen and oxygen atoms in total. The number of ether oxygens (including phenoxy) is 1. The van der Waals surface area contributed by atoms with Crippen LogP contribution in [-0.4, -0.2) is 28.2 Å². The van der Waals surface area contributed by atoms with Crippen LogP contribution in [0.2, 0.25) is 0 Å². The average Bonchev–Trinajstić information content (AvgIpc) is 2.89. The Bertz CT molecular complexity index is 549. The van der Waals surface area contributed by atoms with Crippen molar-refractivity contribution in [3.05, 3.63) is 42.2 Å². The number of aromatic amines is 1. The molecule has 92 valence electrons. The largest absolute Gasteiger partial charge is 0.496 e. The average molecular weight is 244 g/mol. The zero-order valence-corrected chi connectivity index (χ0v) is 9.75. The predicted octanol–water partition coefficient (Wildman–Crippen LogP) is 1.47. The quantitative estimate of drug-likeness (QED) is 0.798. The Morgan fingerprint density at radius 2 is 2.28 bits per heavy atom. The fraction of sp³-hybridized carbons (Fsp3) is 0.0833. The lowest BCUT2D eigenvalue weighted by Gasteiger charge is -2.03. The number of hydrogen-bond donors (Lipinski definition) is 2. The van der Waals surface area contributed by atoms with Crippen molar-refractivity contribution >= 4 is 17.9 Å². The van der Waals surface area contributed by atoms with Crippen molar-refractivity contribution in [2.24, 2.45) is 0 Å². The van der Waals surface area contributed by atoms with Crippen LogP contribution in [0.15, 0.2) is 36.7 Å². The minimum Gasteiger partial charge on any atom is -0.496 e. The number of rotatable bonds is 4. The topological polar surface area (TPSA) is 79.9 Å². The van der Waals surface area contributed by atoms with Gasteiger partial charge in [0, 0.05) is 11.6 Å². The zero-order valence-electron chi connectivity index (χ0n) is 9.75. The Hall–Kier alpha value is -2.63. The van der Waals surface area contributed by atoms with E-state index in [0.29, 0.717) is 11.7 Å². The van der Waals surface area contributed by atoms with Crippen LogP contribution >= 0.6 is 0 Å². The third kappa shape index (κ3) is 2.94. The first-order valence-corrected chi connectivity index (χ1v) is 5.27. The molecule has 0 aliphatic rings. The third-order valence-electron chi connectivity index (χ3n) is 2.21. The summed E-state index contributed by atoms with van der Waals surface area (Å²) in [5, 5.41) is 8.70. The van der Waals surface area contributed by atoms with Crippen LogP contribution < -0.4 is 10.1 Å².